The Kier molecular flexibility index (Phi) is 3.97. The predicted molar refractivity (Wildman–Crippen MR) is 67.9 cm³/mol. The number of hydrogen-bond donors (Lipinski definition) is 1. The molecule has 7 nitrogen and oxygen atoms in total. The Bertz CT molecular complexity index is 571. The van der Waals surface area contributed by atoms with Crippen molar-refractivity contribution in [3.05, 3.63) is 35.8 Å². The molecule has 0 radical (unpaired) electrons. The summed E-state index contributed by atoms with van der Waals surface area (Å²) < 4.78 is 5.14. The van der Waals surface area contributed by atoms with Crippen LogP contribution in [0.2, 0.25) is 0 Å². The molecular weight excluding hydrogens is 246 g/mol. The number of hydrogen-bond acceptors (Lipinski definition) is 6. The fourth-order valence-corrected chi connectivity index (χ4v) is 1.34. The Hall–Kier alpha value is -2.57. The summed E-state index contributed by atoms with van der Waals surface area (Å²) in [5, 5.41) is 10.1. The van der Waals surface area contributed by atoms with Gasteiger partial charge in [0.05, 0.1) is 6.61 Å². The highest BCUT2D eigenvalue weighted by Gasteiger charge is 2.10. The molecule has 19 heavy (non-hydrogen) atoms. The van der Waals surface area contributed by atoms with Crippen molar-refractivity contribution in [2.45, 2.75) is 13.8 Å². The molecule has 0 spiro atoms. The first-order chi connectivity index (χ1) is 9.19. The van der Waals surface area contributed by atoms with Crippen molar-refractivity contribution in [3.63, 3.8) is 0 Å². The fourth-order valence-electron chi connectivity index (χ4n) is 1.34. The number of aromatic nitrogens is 4. The van der Waals surface area contributed by atoms with Crippen LogP contribution >= 0.6 is 0 Å². The van der Waals surface area contributed by atoms with Crippen LogP contribution in [0.3, 0.4) is 0 Å². The van der Waals surface area contributed by atoms with Crippen molar-refractivity contribution in [2.75, 3.05) is 11.9 Å². The molecule has 0 aliphatic rings. The molecule has 0 aliphatic heterocycles. The van der Waals surface area contributed by atoms with Gasteiger partial charge >= 0.3 is 0 Å². The second-order valence-corrected chi connectivity index (χ2v) is 3.67. The molecule has 0 atom stereocenters. The van der Waals surface area contributed by atoms with E-state index in [-0.39, 0.29) is 11.6 Å². The lowest BCUT2D eigenvalue weighted by Crippen LogP contribution is -2.16. The van der Waals surface area contributed by atoms with Gasteiger partial charge in [-0.2, -0.15) is 0 Å². The van der Waals surface area contributed by atoms with E-state index in [1.165, 1.54) is 6.07 Å². The van der Waals surface area contributed by atoms with Gasteiger partial charge in [0.2, 0.25) is 11.8 Å². The minimum atomic E-state index is -0.416. The van der Waals surface area contributed by atoms with Crippen molar-refractivity contribution in [1.29, 1.82) is 0 Å². The van der Waals surface area contributed by atoms with Gasteiger partial charge in [-0.15, -0.1) is 10.2 Å². The molecule has 1 amide bonds. The quantitative estimate of drug-likeness (QED) is 0.888. The van der Waals surface area contributed by atoms with Crippen LogP contribution in [0.25, 0.3) is 0 Å². The summed E-state index contributed by atoms with van der Waals surface area (Å²) in [6.07, 6.45) is 1.57. The molecule has 2 aromatic rings. The molecular formula is C12H13N5O2. The Labute approximate surface area is 110 Å². The van der Waals surface area contributed by atoms with E-state index in [1.807, 2.05) is 13.8 Å². The topological polar surface area (TPSA) is 89.9 Å². The van der Waals surface area contributed by atoms with E-state index in [0.29, 0.717) is 12.5 Å². The third-order valence-electron chi connectivity index (χ3n) is 2.19. The van der Waals surface area contributed by atoms with E-state index in [4.69, 9.17) is 4.74 Å². The Morgan fingerprint density at radius 3 is 2.79 bits per heavy atom. The summed E-state index contributed by atoms with van der Waals surface area (Å²) in [5.41, 5.74) is 0.941. The molecule has 2 rings (SSSR count). The first-order valence-electron chi connectivity index (χ1n) is 5.76. The molecule has 0 aromatic carbocycles. The van der Waals surface area contributed by atoms with E-state index < -0.39 is 5.91 Å². The van der Waals surface area contributed by atoms with Crippen LogP contribution < -0.4 is 10.1 Å². The standard InChI is InChI=1S/C12H13N5O2/c1-3-19-10-5-4-9(16-17-10)11(18)15-12-13-7-6-8(2)14-12/h4-7H,3H2,1-2H3,(H,13,14,15,18). The average Bonchev–Trinajstić information content (AvgIpc) is 2.40. The maximum atomic E-state index is 11.9. The van der Waals surface area contributed by atoms with Crippen LogP contribution in [0, 0.1) is 6.92 Å². The van der Waals surface area contributed by atoms with E-state index in [9.17, 15) is 4.79 Å². The highest BCUT2D eigenvalue weighted by atomic mass is 16.5. The molecule has 0 saturated carbocycles. The predicted octanol–water partition coefficient (Wildman–Crippen LogP) is 1.23. The maximum Gasteiger partial charge on any atom is 0.278 e. The lowest BCUT2D eigenvalue weighted by Gasteiger charge is -2.04. The molecule has 2 aromatic heterocycles. The lowest BCUT2D eigenvalue weighted by molar-refractivity contribution is 0.102. The first-order valence-corrected chi connectivity index (χ1v) is 5.76. The van der Waals surface area contributed by atoms with Gasteiger partial charge in [-0.05, 0) is 26.0 Å². The van der Waals surface area contributed by atoms with Gasteiger partial charge < -0.3 is 4.74 Å². The summed E-state index contributed by atoms with van der Waals surface area (Å²) in [6, 6.07) is 4.86. The van der Waals surface area contributed by atoms with Gasteiger partial charge in [-0.1, -0.05) is 0 Å². The van der Waals surface area contributed by atoms with Crippen molar-refractivity contribution >= 4 is 11.9 Å². The highest BCUT2D eigenvalue weighted by Crippen LogP contribution is 2.06. The van der Waals surface area contributed by atoms with E-state index in [1.54, 1.807) is 18.3 Å². The van der Waals surface area contributed by atoms with E-state index in [0.717, 1.165) is 5.69 Å². The number of nitrogens with one attached hydrogen (secondary N) is 1. The summed E-state index contributed by atoms with van der Waals surface area (Å²) >= 11 is 0. The minimum absolute atomic E-state index is 0.175. The fraction of sp³-hybridized carbons (Fsp3) is 0.250. The minimum Gasteiger partial charge on any atom is -0.477 e. The highest BCUT2D eigenvalue weighted by molar-refractivity contribution is 6.01. The molecule has 1 N–H and O–H groups in total. The van der Waals surface area contributed by atoms with Crippen molar-refractivity contribution < 1.29 is 9.53 Å². The van der Waals surface area contributed by atoms with Gasteiger partial charge in [-0.3, -0.25) is 10.1 Å². The summed E-state index contributed by atoms with van der Waals surface area (Å²) in [5.74, 6) is 0.202. The van der Waals surface area contributed by atoms with Gasteiger partial charge in [0.25, 0.3) is 5.91 Å². The van der Waals surface area contributed by atoms with Crippen LogP contribution in [0.5, 0.6) is 5.88 Å². The number of carbonyl (C=O) groups is 1. The molecule has 0 bridgehead atoms. The number of nitrogens with zero attached hydrogens (tertiary/aromatic N) is 4. The zero-order valence-corrected chi connectivity index (χ0v) is 10.6. The van der Waals surface area contributed by atoms with E-state index in [2.05, 4.69) is 25.5 Å². The number of ether oxygens (including phenoxy) is 1. The molecule has 98 valence electrons. The summed E-state index contributed by atoms with van der Waals surface area (Å²) in [6.45, 7) is 4.16. The normalized spacial score (nSPS) is 10.0. The Morgan fingerprint density at radius 1 is 1.32 bits per heavy atom. The number of carbonyl (C=O) groups excluding carboxylic acids is 1. The van der Waals surface area contributed by atoms with Crippen LogP contribution in [0.4, 0.5) is 5.95 Å². The lowest BCUT2D eigenvalue weighted by atomic mass is 10.3. The second kappa shape index (κ2) is 5.85. The molecule has 0 aliphatic carbocycles. The third-order valence-corrected chi connectivity index (χ3v) is 2.19. The number of anilines is 1. The van der Waals surface area contributed by atoms with Gasteiger partial charge in [0.1, 0.15) is 0 Å². The van der Waals surface area contributed by atoms with Crippen LogP contribution in [0.1, 0.15) is 23.1 Å². The molecule has 0 unspecified atom stereocenters. The van der Waals surface area contributed by atoms with Crippen molar-refractivity contribution in [1.82, 2.24) is 20.2 Å². The smallest absolute Gasteiger partial charge is 0.278 e. The van der Waals surface area contributed by atoms with E-state index >= 15 is 0 Å². The Balaban J connectivity index is 2.07. The number of rotatable bonds is 4. The monoisotopic (exact) mass is 259 g/mol. The van der Waals surface area contributed by atoms with Gasteiger partial charge in [-0.25, -0.2) is 9.97 Å². The number of aryl methyl sites for hydroxylation is 1. The maximum absolute atomic E-state index is 11.9. The summed E-state index contributed by atoms with van der Waals surface area (Å²) in [4.78, 5) is 19.9. The van der Waals surface area contributed by atoms with Gasteiger partial charge in [0.15, 0.2) is 5.69 Å². The third kappa shape index (κ3) is 3.44. The Morgan fingerprint density at radius 2 is 2.16 bits per heavy atom. The zero-order valence-electron chi connectivity index (χ0n) is 10.6. The zero-order chi connectivity index (χ0) is 13.7. The van der Waals surface area contributed by atoms with Crippen LogP contribution in [-0.2, 0) is 0 Å². The van der Waals surface area contributed by atoms with Crippen LogP contribution in [-0.4, -0.2) is 32.7 Å². The molecule has 0 saturated heterocycles. The molecule has 2 heterocycles. The van der Waals surface area contributed by atoms with Crippen molar-refractivity contribution in [2.24, 2.45) is 0 Å². The van der Waals surface area contributed by atoms with Gasteiger partial charge in [0, 0.05) is 18.0 Å². The largest absolute Gasteiger partial charge is 0.477 e. The molecule has 0 fully saturated rings. The van der Waals surface area contributed by atoms with Crippen molar-refractivity contribution in [3.8, 4) is 5.88 Å². The summed E-state index contributed by atoms with van der Waals surface area (Å²) in [7, 11) is 0. The number of amides is 1. The molecule has 7 heteroatoms. The first kappa shape index (κ1) is 12.9. The SMILES string of the molecule is CCOc1ccc(C(=O)Nc2nccc(C)n2)nn1. The van der Waals surface area contributed by atoms with Crippen LogP contribution in [0.15, 0.2) is 24.4 Å². The second-order valence-electron chi connectivity index (χ2n) is 3.67. The average molecular weight is 259 g/mol.